The zero-order valence-electron chi connectivity index (χ0n) is 9.85. The predicted octanol–water partition coefficient (Wildman–Crippen LogP) is 3.76. The summed E-state index contributed by atoms with van der Waals surface area (Å²) in [7, 11) is 0. The normalized spacial score (nSPS) is 10.8. The van der Waals surface area contributed by atoms with Gasteiger partial charge in [-0.1, -0.05) is 17.7 Å². The van der Waals surface area contributed by atoms with Crippen LogP contribution in [0.25, 0.3) is 5.65 Å². The molecule has 3 rings (SSSR count). The smallest absolute Gasteiger partial charge is 0.155 e. The Morgan fingerprint density at radius 3 is 3.00 bits per heavy atom. The van der Waals surface area contributed by atoms with Gasteiger partial charge in [-0.05, 0) is 34.1 Å². The first kappa shape index (κ1) is 12.4. The van der Waals surface area contributed by atoms with Gasteiger partial charge in [-0.3, -0.25) is 4.40 Å². The van der Waals surface area contributed by atoms with E-state index in [9.17, 15) is 0 Å². The summed E-state index contributed by atoms with van der Waals surface area (Å²) in [5, 5.41) is 4.04. The molecule has 96 valence electrons. The fourth-order valence-electron chi connectivity index (χ4n) is 1.84. The van der Waals surface area contributed by atoms with Crippen molar-refractivity contribution in [1.29, 1.82) is 0 Å². The molecular weight excluding hydrogens is 328 g/mol. The molecule has 0 amide bonds. The SMILES string of the molecule is Clc1cccc(NCc2cnc3cnc(Br)cn23)c1. The standard InChI is InChI=1S/C13H10BrClN4/c14-12-8-19-11(6-18-13(19)7-17-12)5-16-10-3-1-2-9(15)4-10/h1-4,6-8,16H,5H2. The lowest BCUT2D eigenvalue weighted by molar-refractivity contribution is 0.983. The van der Waals surface area contributed by atoms with E-state index in [2.05, 4.69) is 31.2 Å². The Kier molecular flexibility index (Phi) is 3.40. The van der Waals surface area contributed by atoms with E-state index < -0.39 is 0 Å². The molecule has 2 heterocycles. The van der Waals surface area contributed by atoms with Crippen LogP contribution < -0.4 is 5.32 Å². The third-order valence-corrected chi connectivity index (χ3v) is 3.38. The molecule has 0 bridgehead atoms. The van der Waals surface area contributed by atoms with Crippen LogP contribution in [-0.4, -0.2) is 14.4 Å². The van der Waals surface area contributed by atoms with Crippen molar-refractivity contribution in [2.24, 2.45) is 0 Å². The number of nitrogens with zero attached hydrogens (tertiary/aromatic N) is 3. The lowest BCUT2D eigenvalue weighted by Gasteiger charge is -2.06. The van der Waals surface area contributed by atoms with Crippen LogP contribution in [0.4, 0.5) is 5.69 Å². The van der Waals surface area contributed by atoms with Gasteiger partial charge >= 0.3 is 0 Å². The second-order valence-electron chi connectivity index (χ2n) is 4.05. The van der Waals surface area contributed by atoms with E-state index in [1.165, 1.54) is 0 Å². The van der Waals surface area contributed by atoms with Crippen molar-refractivity contribution in [3.05, 3.63) is 58.2 Å². The van der Waals surface area contributed by atoms with Gasteiger partial charge in [-0.25, -0.2) is 9.97 Å². The van der Waals surface area contributed by atoms with Crippen molar-refractivity contribution in [3.63, 3.8) is 0 Å². The zero-order chi connectivity index (χ0) is 13.2. The average Bonchev–Trinajstić information content (AvgIpc) is 2.79. The summed E-state index contributed by atoms with van der Waals surface area (Å²) >= 11 is 9.31. The van der Waals surface area contributed by atoms with Crippen LogP contribution in [-0.2, 0) is 6.54 Å². The summed E-state index contributed by atoms with van der Waals surface area (Å²) in [4.78, 5) is 8.45. The molecule has 6 heteroatoms. The number of anilines is 1. The maximum Gasteiger partial charge on any atom is 0.155 e. The lowest BCUT2D eigenvalue weighted by atomic mass is 10.3. The van der Waals surface area contributed by atoms with Crippen molar-refractivity contribution in [2.75, 3.05) is 5.32 Å². The molecule has 0 aliphatic heterocycles. The Balaban J connectivity index is 1.84. The van der Waals surface area contributed by atoms with Crippen LogP contribution in [0.1, 0.15) is 5.69 Å². The van der Waals surface area contributed by atoms with Gasteiger partial charge in [0.2, 0.25) is 0 Å². The second kappa shape index (κ2) is 5.19. The predicted molar refractivity (Wildman–Crippen MR) is 79.5 cm³/mol. The highest BCUT2D eigenvalue weighted by Crippen LogP contribution is 2.16. The largest absolute Gasteiger partial charge is 0.379 e. The molecule has 0 saturated heterocycles. The lowest BCUT2D eigenvalue weighted by Crippen LogP contribution is -2.02. The molecule has 0 fully saturated rings. The number of hydrogen-bond acceptors (Lipinski definition) is 3. The summed E-state index contributed by atoms with van der Waals surface area (Å²) in [6, 6.07) is 7.64. The molecular formula is C13H10BrClN4. The average molecular weight is 338 g/mol. The van der Waals surface area contributed by atoms with Crippen molar-refractivity contribution in [2.45, 2.75) is 6.54 Å². The minimum atomic E-state index is 0.665. The van der Waals surface area contributed by atoms with E-state index in [0.717, 1.165) is 26.7 Å². The van der Waals surface area contributed by atoms with Crippen molar-refractivity contribution < 1.29 is 0 Å². The number of imidazole rings is 1. The summed E-state index contributed by atoms with van der Waals surface area (Å²) in [5.41, 5.74) is 2.86. The molecule has 1 aromatic carbocycles. The van der Waals surface area contributed by atoms with Gasteiger partial charge in [0.05, 0.1) is 24.6 Å². The first-order valence-corrected chi connectivity index (χ1v) is 6.86. The quantitative estimate of drug-likeness (QED) is 0.791. The van der Waals surface area contributed by atoms with Crippen molar-refractivity contribution in [3.8, 4) is 0 Å². The minimum absolute atomic E-state index is 0.665. The third-order valence-electron chi connectivity index (χ3n) is 2.74. The number of halogens is 2. The molecule has 0 aliphatic carbocycles. The first-order valence-electron chi connectivity index (χ1n) is 5.69. The Morgan fingerprint density at radius 2 is 2.16 bits per heavy atom. The molecule has 0 saturated carbocycles. The topological polar surface area (TPSA) is 42.2 Å². The molecule has 0 unspecified atom stereocenters. The van der Waals surface area contributed by atoms with Crippen LogP contribution in [0.15, 0.2) is 47.5 Å². The molecule has 19 heavy (non-hydrogen) atoms. The van der Waals surface area contributed by atoms with Crippen LogP contribution in [0.2, 0.25) is 5.02 Å². The van der Waals surface area contributed by atoms with E-state index in [4.69, 9.17) is 11.6 Å². The molecule has 3 aromatic rings. The molecule has 0 aliphatic rings. The highest BCUT2D eigenvalue weighted by molar-refractivity contribution is 9.10. The fourth-order valence-corrected chi connectivity index (χ4v) is 2.34. The maximum atomic E-state index is 5.95. The van der Waals surface area contributed by atoms with E-state index in [-0.39, 0.29) is 0 Å². The van der Waals surface area contributed by atoms with E-state index in [1.54, 1.807) is 6.20 Å². The number of benzene rings is 1. The Morgan fingerprint density at radius 1 is 1.26 bits per heavy atom. The fraction of sp³-hybridized carbons (Fsp3) is 0.0769. The van der Waals surface area contributed by atoms with Gasteiger partial charge in [-0.15, -0.1) is 0 Å². The van der Waals surface area contributed by atoms with Gasteiger partial charge in [0.25, 0.3) is 0 Å². The molecule has 4 nitrogen and oxygen atoms in total. The number of hydrogen-bond donors (Lipinski definition) is 1. The Hall–Kier alpha value is -1.59. The van der Waals surface area contributed by atoms with Crippen LogP contribution >= 0.6 is 27.5 Å². The zero-order valence-corrected chi connectivity index (χ0v) is 12.2. The van der Waals surface area contributed by atoms with E-state index >= 15 is 0 Å². The summed E-state index contributed by atoms with van der Waals surface area (Å²) in [5.74, 6) is 0. The van der Waals surface area contributed by atoms with E-state index in [0.29, 0.717) is 6.54 Å². The summed E-state index contributed by atoms with van der Waals surface area (Å²) < 4.78 is 2.77. The number of fused-ring (bicyclic) bond motifs is 1. The minimum Gasteiger partial charge on any atom is -0.379 e. The Bertz CT molecular complexity index is 725. The van der Waals surface area contributed by atoms with Gasteiger partial charge in [0.15, 0.2) is 5.65 Å². The maximum absolute atomic E-state index is 5.95. The van der Waals surface area contributed by atoms with Crippen molar-refractivity contribution >= 4 is 38.9 Å². The molecule has 0 radical (unpaired) electrons. The van der Waals surface area contributed by atoms with Crippen molar-refractivity contribution in [1.82, 2.24) is 14.4 Å². The van der Waals surface area contributed by atoms with Gasteiger partial charge in [-0.2, -0.15) is 0 Å². The second-order valence-corrected chi connectivity index (χ2v) is 5.30. The first-order chi connectivity index (χ1) is 9.22. The Labute approximate surface area is 123 Å². The number of nitrogens with one attached hydrogen (secondary N) is 1. The summed E-state index contributed by atoms with van der Waals surface area (Å²) in [6.07, 6.45) is 5.46. The third kappa shape index (κ3) is 2.72. The van der Waals surface area contributed by atoms with E-state index in [1.807, 2.05) is 41.1 Å². The van der Waals surface area contributed by atoms with Crippen LogP contribution in [0.5, 0.6) is 0 Å². The molecule has 1 N–H and O–H groups in total. The molecule has 0 spiro atoms. The van der Waals surface area contributed by atoms with Crippen LogP contribution in [0.3, 0.4) is 0 Å². The summed E-state index contributed by atoms with van der Waals surface area (Å²) in [6.45, 7) is 0.665. The highest BCUT2D eigenvalue weighted by atomic mass is 79.9. The van der Waals surface area contributed by atoms with Crippen LogP contribution in [0, 0.1) is 0 Å². The highest BCUT2D eigenvalue weighted by Gasteiger charge is 2.04. The molecule has 2 aromatic heterocycles. The monoisotopic (exact) mass is 336 g/mol. The molecule has 0 atom stereocenters. The number of rotatable bonds is 3. The number of aromatic nitrogens is 3. The van der Waals surface area contributed by atoms with Gasteiger partial charge < -0.3 is 5.32 Å². The van der Waals surface area contributed by atoms with Gasteiger partial charge in [0.1, 0.15) is 4.60 Å². The van der Waals surface area contributed by atoms with Gasteiger partial charge in [0, 0.05) is 16.9 Å².